The number of carbonyl (C=O) groups is 1. The maximum atomic E-state index is 12.3. The number of hydrogen-bond donors (Lipinski definition) is 1. The van der Waals surface area contributed by atoms with Gasteiger partial charge in [0, 0.05) is 16.7 Å². The normalized spacial score (nSPS) is 10.7. The molecule has 0 aliphatic carbocycles. The number of nitrogens with zero attached hydrogens (tertiary/aromatic N) is 2. The van der Waals surface area contributed by atoms with E-state index in [4.69, 9.17) is 16.1 Å². The lowest BCUT2D eigenvalue weighted by Crippen LogP contribution is -2.11. The SMILES string of the molecule is Cc1cc(NC(=O)c2sc(-c3cccc(Cl)c3)nc2C)no1. The Hall–Kier alpha value is -2.18. The van der Waals surface area contributed by atoms with Crippen LogP contribution < -0.4 is 5.32 Å². The van der Waals surface area contributed by atoms with Crippen molar-refractivity contribution in [2.45, 2.75) is 13.8 Å². The second-order valence-corrected chi connectivity index (χ2v) is 6.16. The van der Waals surface area contributed by atoms with Gasteiger partial charge in [-0.25, -0.2) is 4.98 Å². The highest BCUT2D eigenvalue weighted by Crippen LogP contribution is 2.29. The first-order valence-electron chi connectivity index (χ1n) is 6.51. The van der Waals surface area contributed by atoms with Gasteiger partial charge in [0.15, 0.2) is 5.82 Å². The molecule has 2 aromatic heterocycles. The molecule has 2 heterocycles. The van der Waals surface area contributed by atoms with Crippen LogP contribution in [-0.4, -0.2) is 16.0 Å². The molecule has 0 saturated heterocycles. The molecule has 1 amide bonds. The lowest BCUT2D eigenvalue weighted by atomic mass is 10.2. The van der Waals surface area contributed by atoms with Crippen LogP contribution in [0.4, 0.5) is 5.82 Å². The second kappa shape index (κ2) is 5.90. The summed E-state index contributed by atoms with van der Waals surface area (Å²) in [4.78, 5) is 17.3. The zero-order valence-corrected chi connectivity index (χ0v) is 13.5. The van der Waals surface area contributed by atoms with E-state index < -0.39 is 0 Å². The number of aromatic nitrogens is 2. The van der Waals surface area contributed by atoms with Crippen LogP contribution in [0.3, 0.4) is 0 Å². The molecule has 0 unspecified atom stereocenters. The highest BCUT2D eigenvalue weighted by molar-refractivity contribution is 7.17. The minimum Gasteiger partial charge on any atom is -0.360 e. The quantitative estimate of drug-likeness (QED) is 0.775. The molecule has 3 rings (SSSR count). The van der Waals surface area contributed by atoms with Crippen LogP contribution in [0, 0.1) is 13.8 Å². The number of aryl methyl sites for hydroxylation is 2. The molecule has 0 fully saturated rings. The second-order valence-electron chi connectivity index (χ2n) is 4.72. The molecule has 0 atom stereocenters. The summed E-state index contributed by atoms with van der Waals surface area (Å²) in [7, 11) is 0. The fourth-order valence-electron chi connectivity index (χ4n) is 1.95. The van der Waals surface area contributed by atoms with Gasteiger partial charge in [0.1, 0.15) is 15.6 Å². The van der Waals surface area contributed by atoms with Gasteiger partial charge in [0.2, 0.25) is 0 Å². The number of halogens is 1. The van der Waals surface area contributed by atoms with Crippen molar-refractivity contribution < 1.29 is 9.32 Å². The Balaban J connectivity index is 1.87. The Morgan fingerprint density at radius 3 is 2.82 bits per heavy atom. The fraction of sp³-hybridized carbons (Fsp3) is 0.133. The topological polar surface area (TPSA) is 68.0 Å². The van der Waals surface area contributed by atoms with Crippen LogP contribution in [0.25, 0.3) is 10.6 Å². The molecule has 1 aromatic carbocycles. The van der Waals surface area contributed by atoms with Gasteiger partial charge < -0.3 is 9.84 Å². The third kappa shape index (κ3) is 3.03. The molecule has 112 valence electrons. The lowest BCUT2D eigenvalue weighted by molar-refractivity contribution is 0.102. The number of thiazole rings is 1. The molecule has 1 N–H and O–H groups in total. The molecule has 7 heteroatoms. The van der Waals surface area contributed by atoms with Crippen LogP contribution >= 0.6 is 22.9 Å². The Kier molecular flexibility index (Phi) is 3.96. The Morgan fingerprint density at radius 1 is 1.32 bits per heavy atom. The molecular formula is C15H12ClN3O2S. The summed E-state index contributed by atoms with van der Waals surface area (Å²) in [6.45, 7) is 3.56. The number of benzene rings is 1. The van der Waals surface area contributed by atoms with Crippen LogP contribution in [-0.2, 0) is 0 Å². The number of nitrogens with one attached hydrogen (secondary N) is 1. The van der Waals surface area contributed by atoms with Crippen LogP contribution in [0.5, 0.6) is 0 Å². The van der Waals surface area contributed by atoms with E-state index in [1.807, 2.05) is 18.2 Å². The van der Waals surface area contributed by atoms with Crippen molar-refractivity contribution in [1.82, 2.24) is 10.1 Å². The van der Waals surface area contributed by atoms with Gasteiger partial charge in [-0.3, -0.25) is 4.79 Å². The third-order valence-electron chi connectivity index (χ3n) is 2.94. The highest BCUT2D eigenvalue weighted by atomic mass is 35.5. The largest absolute Gasteiger partial charge is 0.360 e. The molecule has 0 saturated carbocycles. The monoisotopic (exact) mass is 333 g/mol. The smallest absolute Gasteiger partial charge is 0.268 e. The van der Waals surface area contributed by atoms with E-state index in [1.54, 1.807) is 26.0 Å². The minimum absolute atomic E-state index is 0.253. The van der Waals surface area contributed by atoms with E-state index in [1.165, 1.54) is 11.3 Å². The van der Waals surface area contributed by atoms with Gasteiger partial charge >= 0.3 is 0 Å². The van der Waals surface area contributed by atoms with Crippen LogP contribution in [0.1, 0.15) is 21.1 Å². The van der Waals surface area contributed by atoms with E-state index in [-0.39, 0.29) is 5.91 Å². The van der Waals surface area contributed by atoms with Crippen molar-refractivity contribution in [3.63, 3.8) is 0 Å². The van der Waals surface area contributed by atoms with Crippen LogP contribution in [0.2, 0.25) is 5.02 Å². The number of hydrogen-bond acceptors (Lipinski definition) is 5. The first-order chi connectivity index (χ1) is 10.5. The average molecular weight is 334 g/mol. The van der Waals surface area contributed by atoms with Gasteiger partial charge in [-0.15, -0.1) is 11.3 Å². The molecule has 0 radical (unpaired) electrons. The van der Waals surface area contributed by atoms with Crippen LogP contribution in [0.15, 0.2) is 34.9 Å². The van der Waals surface area contributed by atoms with Crippen molar-refractivity contribution in [2.24, 2.45) is 0 Å². The number of anilines is 1. The Morgan fingerprint density at radius 2 is 2.14 bits per heavy atom. The maximum absolute atomic E-state index is 12.3. The molecule has 0 aliphatic rings. The van der Waals surface area contributed by atoms with E-state index >= 15 is 0 Å². The van der Waals surface area contributed by atoms with Gasteiger partial charge in [-0.05, 0) is 26.0 Å². The summed E-state index contributed by atoms with van der Waals surface area (Å²) in [5, 5.41) is 7.83. The Bertz CT molecular complexity index is 841. The molecule has 0 spiro atoms. The Labute approximate surface area is 135 Å². The third-order valence-corrected chi connectivity index (χ3v) is 4.38. The van der Waals surface area contributed by atoms with Crippen molar-refractivity contribution in [3.8, 4) is 10.6 Å². The van der Waals surface area contributed by atoms with Gasteiger partial charge in [0.05, 0.1) is 5.69 Å². The fourth-order valence-corrected chi connectivity index (χ4v) is 3.10. The molecule has 5 nitrogen and oxygen atoms in total. The number of rotatable bonds is 3. The molecule has 22 heavy (non-hydrogen) atoms. The van der Waals surface area contributed by atoms with E-state index in [2.05, 4.69) is 15.5 Å². The zero-order chi connectivity index (χ0) is 15.7. The predicted octanol–water partition coefficient (Wildman–Crippen LogP) is 4.32. The molecule has 3 aromatic rings. The van der Waals surface area contributed by atoms with E-state index in [0.717, 1.165) is 10.6 Å². The standard InChI is InChI=1S/C15H12ClN3O2S/c1-8-6-12(19-21-8)18-14(20)13-9(2)17-15(22-13)10-4-3-5-11(16)7-10/h3-7H,1-2H3,(H,18,19,20). The summed E-state index contributed by atoms with van der Waals surface area (Å²) in [6.07, 6.45) is 0. The van der Waals surface area contributed by atoms with Crippen molar-refractivity contribution in [1.29, 1.82) is 0 Å². The van der Waals surface area contributed by atoms with E-state index in [9.17, 15) is 4.79 Å². The minimum atomic E-state index is -0.253. The molecule has 0 aliphatic heterocycles. The lowest BCUT2D eigenvalue weighted by Gasteiger charge is -1.98. The van der Waals surface area contributed by atoms with E-state index in [0.29, 0.717) is 27.2 Å². The van der Waals surface area contributed by atoms with Gasteiger partial charge in [0.25, 0.3) is 5.91 Å². The first kappa shape index (κ1) is 14.7. The molecule has 0 bridgehead atoms. The summed E-state index contributed by atoms with van der Waals surface area (Å²) >= 11 is 7.31. The average Bonchev–Trinajstić information content (AvgIpc) is 3.05. The summed E-state index contributed by atoms with van der Waals surface area (Å²) in [5.41, 5.74) is 1.55. The maximum Gasteiger partial charge on any atom is 0.268 e. The molecular weight excluding hydrogens is 322 g/mol. The summed E-state index contributed by atoms with van der Waals surface area (Å²) in [6, 6.07) is 9.04. The summed E-state index contributed by atoms with van der Waals surface area (Å²) in [5.74, 6) is 0.770. The first-order valence-corrected chi connectivity index (χ1v) is 7.70. The summed E-state index contributed by atoms with van der Waals surface area (Å²) < 4.78 is 4.93. The van der Waals surface area contributed by atoms with Crippen molar-refractivity contribution in [3.05, 3.63) is 51.7 Å². The zero-order valence-electron chi connectivity index (χ0n) is 11.9. The number of carbonyl (C=O) groups excluding carboxylic acids is 1. The highest BCUT2D eigenvalue weighted by Gasteiger charge is 2.17. The van der Waals surface area contributed by atoms with Crippen molar-refractivity contribution >= 4 is 34.7 Å². The van der Waals surface area contributed by atoms with Gasteiger partial charge in [-0.1, -0.05) is 28.9 Å². The predicted molar refractivity (Wildman–Crippen MR) is 86.5 cm³/mol. The van der Waals surface area contributed by atoms with Gasteiger partial charge in [-0.2, -0.15) is 0 Å². The van der Waals surface area contributed by atoms with Crippen molar-refractivity contribution in [2.75, 3.05) is 5.32 Å². The number of amides is 1.